The molecule has 3 rings (SSSR count). The lowest BCUT2D eigenvalue weighted by atomic mass is 10.1. The largest absolute Gasteiger partial charge is 0.486 e. The molecule has 0 bridgehead atoms. The molecule has 4 heteroatoms. The third-order valence-corrected chi connectivity index (χ3v) is 4.06. The second kappa shape index (κ2) is 6.50. The zero-order chi connectivity index (χ0) is 14.7. The highest BCUT2D eigenvalue weighted by Crippen LogP contribution is 2.30. The van der Waals surface area contributed by atoms with E-state index in [0.29, 0.717) is 13.2 Å². The van der Waals surface area contributed by atoms with Gasteiger partial charge in [0, 0.05) is 17.1 Å². The SMILES string of the molecule is C[C@H](NCc1ccc2c(c1)OCCO2)c1cccc(Br)c1. The number of hydrogen-bond acceptors (Lipinski definition) is 3. The van der Waals surface area contributed by atoms with Gasteiger partial charge in [0.2, 0.25) is 0 Å². The monoisotopic (exact) mass is 347 g/mol. The molecule has 2 aromatic carbocycles. The Morgan fingerprint density at radius 1 is 1.10 bits per heavy atom. The van der Waals surface area contributed by atoms with Crippen molar-refractivity contribution in [3.05, 3.63) is 58.1 Å². The van der Waals surface area contributed by atoms with Crippen LogP contribution in [0, 0.1) is 0 Å². The molecule has 2 aromatic rings. The Morgan fingerprint density at radius 3 is 2.71 bits per heavy atom. The van der Waals surface area contributed by atoms with Gasteiger partial charge in [0.25, 0.3) is 0 Å². The highest BCUT2D eigenvalue weighted by molar-refractivity contribution is 9.10. The minimum Gasteiger partial charge on any atom is -0.486 e. The Labute approximate surface area is 133 Å². The summed E-state index contributed by atoms with van der Waals surface area (Å²) in [4.78, 5) is 0. The topological polar surface area (TPSA) is 30.5 Å². The first-order valence-corrected chi connectivity index (χ1v) is 7.89. The minimum absolute atomic E-state index is 0.288. The van der Waals surface area contributed by atoms with Gasteiger partial charge in [-0.25, -0.2) is 0 Å². The molecule has 1 aliphatic rings. The van der Waals surface area contributed by atoms with Crippen LogP contribution in [0.2, 0.25) is 0 Å². The number of fused-ring (bicyclic) bond motifs is 1. The lowest BCUT2D eigenvalue weighted by molar-refractivity contribution is 0.171. The van der Waals surface area contributed by atoms with Crippen LogP contribution < -0.4 is 14.8 Å². The van der Waals surface area contributed by atoms with Crippen LogP contribution in [0.1, 0.15) is 24.1 Å². The standard InChI is InChI=1S/C17H18BrNO2/c1-12(14-3-2-4-15(18)10-14)19-11-13-5-6-16-17(9-13)21-8-7-20-16/h2-6,9-10,12,19H,7-8,11H2,1H3/t12-/m0/s1. The molecule has 0 radical (unpaired) electrons. The smallest absolute Gasteiger partial charge is 0.161 e. The second-order valence-electron chi connectivity index (χ2n) is 5.14. The van der Waals surface area contributed by atoms with Gasteiger partial charge in [-0.1, -0.05) is 34.1 Å². The summed E-state index contributed by atoms with van der Waals surface area (Å²) in [5.74, 6) is 1.68. The third-order valence-electron chi connectivity index (χ3n) is 3.57. The average molecular weight is 348 g/mol. The Morgan fingerprint density at radius 2 is 1.90 bits per heavy atom. The predicted molar refractivity (Wildman–Crippen MR) is 86.8 cm³/mol. The van der Waals surface area contributed by atoms with Gasteiger partial charge >= 0.3 is 0 Å². The zero-order valence-corrected chi connectivity index (χ0v) is 13.5. The fourth-order valence-corrected chi connectivity index (χ4v) is 2.78. The highest BCUT2D eigenvalue weighted by atomic mass is 79.9. The minimum atomic E-state index is 0.288. The maximum atomic E-state index is 5.61. The van der Waals surface area contributed by atoms with Crippen LogP contribution in [0.5, 0.6) is 11.5 Å². The van der Waals surface area contributed by atoms with Crippen molar-refractivity contribution in [1.82, 2.24) is 5.32 Å². The molecular weight excluding hydrogens is 330 g/mol. The number of benzene rings is 2. The van der Waals surface area contributed by atoms with Crippen molar-refractivity contribution in [1.29, 1.82) is 0 Å². The van der Waals surface area contributed by atoms with Crippen LogP contribution in [0.3, 0.4) is 0 Å². The van der Waals surface area contributed by atoms with Crippen molar-refractivity contribution in [2.75, 3.05) is 13.2 Å². The molecule has 1 atom stereocenters. The van der Waals surface area contributed by atoms with Gasteiger partial charge < -0.3 is 14.8 Å². The number of hydrogen-bond donors (Lipinski definition) is 1. The Bertz CT molecular complexity index is 630. The van der Waals surface area contributed by atoms with E-state index in [1.54, 1.807) is 0 Å². The van der Waals surface area contributed by atoms with Gasteiger partial charge in [0.1, 0.15) is 13.2 Å². The average Bonchev–Trinajstić information content (AvgIpc) is 2.52. The molecule has 21 heavy (non-hydrogen) atoms. The quantitative estimate of drug-likeness (QED) is 0.904. The Hall–Kier alpha value is -1.52. The van der Waals surface area contributed by atoms with Gasteiger partial charge in [-0.2, -0.15) is 0 Å². The van der Waals surface area contributed by atoms with Crippen molar-refractivity contribution in [3.63, 3.8) is 0 Å². The first kappa shape index (κ1) is 14.4. The number of rotatable bonds is 4. The summed E-state index contributed by atoms with van der Waals surface area (Å²) in [7, 11) is 0. The zero-order valence-electron chi connectivity index (χ0n) is 11.9. The lowest BCUT2D eigenvalue weighted by Gasteiger charge is -2.20. The first-order valence-electron chi connectivity index (χ1n) is 7.10. The van der Waals surface area contributed by atoms with Gasteiger partial charge in [0.15, 0.2) is 11.5 Å². The summed E-state index contributed by atoms with van der Waals surface area (Å²) in [6, 6.07) is 14.8. The molecule has 0 amide bonds. The van der Waals surface area contributed by atoms with E-state index >= 15 is 0 Å². The van der Waals surface area contributed by atoms with E-state index in [1.165, 1.54) is 11.1 Å². The summed E-state index contributed by atoms with van der Waals surface area (Å²) >= 11 is 3.51. The van der Waals surface area contributed by atoms with Crippen LogP contribution in [-0.2, 0) is 6.54 Å². The summed E-state index contributed by atoms with van der Waals surface area (Å²) < 4.78 is 12.3. The highest BCUT2D eigenvalue weighted by Gasteiger charge is 2.12. The molecule has 110 valence electrons. The fraction of sp³-hybridized carbons (Fsp3) is 0.294. The Balaban J connectivity index is 1.64. The van der Waals surface area contributed by atoms with E-state index in [9.17, 15) is 0 Å². The molecule has 1 aliphatic heterocycles. The maximum absolute atomic E-state index is 5.61. The molecule has 0 fully saturated rings. The normalized spacial score (nSPS) is 14.8. The maximum Gasteiger partial charge on any atom is 0.161 e. The molecule has 0 spiro atoms. The van der Waals surface area contributed by atoms with Gasteiger partial charge in [-0.3, -0.25) is 0 Å². The number of halogens is 1. The van der Waals surface area contributed by atoms with Crippen LogP contribution in [0.4, 0.5) is 0 Å². The van der Waals surface area contributed by atoms with E-state index in [4.69, 9.17) is 9.47 Å². The van der Waals surface area contributed by atoms with E-state index < -0.39 is 0 Å². The molecule has 1 heterocycles. The molecule has 0 saturated heterocycles. The summed E-state index contributed by atoms with van der Waals surface area (Å²) in [6.07, 6.45) is 0. The Kier molecular flexibility index (Phi) is 4.46. The number of ether oxygens (including phenoxy) is 2. The molecule has 0 saturated carbocycles. The van der Waals surface area contributed by atoms with Crippen LogP contribution in [0.15, 0.2) is 46.9 Å². The summed E-state index contributed by atoms with van der Waals surface area (Å²) in [5.41, 5.74) is 2.46. The fourth-order valence-electron chi connectivity index (χ4n) is 2.36. The second-order valence-corrected chi connectivity index (χ2v) is 6.05. The molecule has 0 aromatic heterocycles. The van der Waals surface area contributed by atoms with Crippen molar-refractivity contribution < 1.29 is 9.47 Å². The third kappa shape index (κ3) is 3.57. The number of nitrogens with one attached hydrogen (secondary N) is 1. The first-order chi connectivity index (χ1) is 10.2. The van der Waals surface area contributed by atoms with Gasteiger partial charge in [-0.15, -0.1) is 0 Å². The molecule has 0 unspecified atom stereocenters. The van der Waals surface area contributed by atoms with Crippen LogP contribution in [-0.4, -0.2) is 13.2 Å². The van der Waals surface area contributed by atoms with Crippen molar-refractivity contribution in [2.24, 2.45) is 0 Å². The van der Waals surface area contributed by atoms with Gasteiger partial charge in [0.05, 0.1) is 0 Å². The summed E-state index contributed by atoms with van der Waals surface area (Å²) in [6.45, 7) is 4.22. The van der Waals surface area contributed by atoms with Crippen molar-refractivity contribution >= 4 is 15.9 Å². The van der Waals surface area contributed by atoms with Crippen LogP contribution >= 0.6 is 15.9 Å². The van der Waals surface area contributed by atoms with Crippen molar-refractivity contribution in [3.8, 4) is 11.5 Å². The van der Waals surface area contributed by atoms with E-state index in [1.807, 2.05) is 12.1 Å². The van der Waals surface area contributed by atoms with Gasteiger partial charge in [-0.05, 0) is 42.3 Å². The molecule has 3 nitrogen and oxygen atoms in total. The van der Waals surface area contributed by atoms with E-state index in [2.05, 4.69) is 58.5 Å². The summed E-state index contributed by atoms with van der Waals surface area (Å²) in [5, 5.41) is 3.53. The lowest BCUT2D eigenvalue weighted by Crippen LogP contribution is -2.19. The molecule has 0 aliphatic carbocycles. The molecule has 1 N–H and O–H groups in total. The van der Waals surface area contributed by atoms with Crippen LogP contribution in [0.25, 0.3) is 0 Å². The van der Waals surface area contributed by atoms with E-state index in [0.717, 1.165) is 22.5 Å². The predicted octanol–water partition coefficient (Wildman–Crippen LogP) is 4.07. The van der Waals surface area contributed by atoms with E-state index in [-0.39, 0.29) is 6.04 Å². The molecular formula is C17H18BrNO2. The van der Waals surface area contributed by atoms with Crippen molar-refractivity contribution in [2.45, 2.75) is 19.5 Å².